The number of benzene rings is 2. The Morgan fingerprint density at radius 1 is 1.18 bits per heavy atom. The van der Waals surface area contributed by atoms with Gasteiger partial charge in [0.25, 0.3) is 5.91 Å². The van der Waals surface area contributed by atoms with E-state index < -0.39 is 35.0 Å². The van der Waals surface area contributed by atoms with Gasteiger partial charge in [0.2, 0.25) is 5.91 Å². The number of ether oxygens (including phenoxy) is 2. The lowest BCUT2D eigenvalue weighted by atomic mass is 9.66. The van der Waals surface area contributed by atoms with Crippen LogP contribution in [0.4, 0.5) is 5.69 Å². The molecule has 0 aliphatic carbocycles. The monoisotopic (exact) mass is 532 g/mol. The van der Waals surface area contributed by atoms with Gasteiger partial charge in [-0.3, -0.25) is 14.4 Å². The number of fused-ring (bicyclic) bond motifs is 2. The summed E-state index contributed by atoms with van der Waals surface area (Å²) in [6.07, 6.45) is 5.15. The topological polar surface area (TPSA) is 96.4 Å². The molecule has 5 rings (SSSR count). The number of nitrogens with zero attached hydrogens (tertiary/aromatic N) is 2. The third-order valence-electron chi connectivity index (χ3n) is 8.51. The average molecular weight is 533 g/mol. The van der Waals surface area contributed by atoms with Crippen LogP contribution in [0.5, 0.6) is 0 Å². The van der Waals surface area contributed by atoms with Crippen molar-refractivity contribution >= 4 is 34.2 Å². The Morgan fingerprint density at radius 3 is 2.67 bits per heavy atom. The zero-order valence-corrected chi connectivity index (χ0v) is 22.4. The van der Waals surface area contributed by atoms with Crippen LogP contribution in [-0.2, 0) is 23.9 Å². The van der Waals surface area contributed by atoms with Gasteiger partial charge < -0.3 is 24.4 Å². The van der Waals surface area contributed by atoms with E-state index in [1.807, 2.05) is 49.4 Å². The summed E-state index contributed by atoms with van der Waals surface area (Å²) in [5, 5.41) is 11.6. The number of likely N-dealkylation sites (tertiary alicyclic amines) is 1. The predicted octanol–water partition coefficient (Wildman–Crippen LogP) is 3.63. The first kappa shape index (κ1) is 27.1. The number of carbonyl (C=O) groups excluding carboxylic acids is 3. The van der Waals surface area contributed by atoms with Crippen molar-refractivity contribution in [3.8, 4) is 0 Å². The summed E-state index contributed by atoms with van der Waals surface area (Å²) in [5.74, 6) is -2.71. The molecule has 3 aliphatic heterocycles. The second-order valence-electron chi connectivity index (χ2n) is 10.9. The molecule has 2 aromatic rings. The highest BCUT2D eigenvalue weighted by atomic mass is 16.6. The average Bonchev–Trinajstić information content (AvgIpc) is 3.50. The molecule has 2 aromatic carbocycles. The molecule has 2 bridgehead atoms. The van der Waals surface area contributed by atoms with Gasteiger partial charge in [0.05, 0.1) is 18.1 Å². The first-order valence-electron chi connectivity index (χ1n) is 13.6. The van der Waals surface area contributed by atoms with Crippen LogP contribution in [0.25, 0.3) is 10.8 Å². The summed E-state index contributed by atoms with van der Waals surface area (Å²) in [4.78, 5) is 45.0. The quantitative estimate of drug-likeness (QED) is 0.270. The molecule has 5 atom stereocenters. The zero-order chi connectivity index (χ0) is 27.8. The largest absolute Gasteiger partial charge is 0.465 e. The van der Waals surface area contributed by atoms with Gasteiger partial charge >= 0.3 is 5.97 Å². The van der Waals surface area contributed by atoms with E-state index in [1.165, 1.54) is 4.90 Å². The van der Waals surface area contributed by atoms with E-state index in [2.05, 4.69) is 13.2 Å². The fraction of sp³-hybridized carbons (Fsp3) is 0.452. The highest BCUT2D eigenvalue weighted by molar-refractivity contribution is 6.05. The van der Waals surface area contributed by atoms with E-state index >= 15 is 0 Å². The molecule has 0 saturated carbocycles. The second kappa shape index (κ2) is 10.6. The van der Waals surface area contributed by atoms with E-state index in [1.54, 1.807) is 17.1 Å². The maximum absolute atomic E-state index is 14.5. The van der Waals surface area contributed by atoms with Crippen molar-refractivity contribution in [2.24, 2.45) is 11.8 Å². The molecule has 2 amide bonds. The lowest BCUT2D eigenvalue weighted by molar-refractivity contribution is -0.159. The number of amides is 2. The van der Waals surface area contributed by atoms with E-state index in [0.29, 0.717) is 31.4 Å². The summed E-state index contributed by atoms with van der Waals surface area (Å²) in [5.41, 5.74) is -1.37. The first-order valence-corrected chi connectivity index (χ1v) is 13.6. The number of hydrogen-bond acceptors (Lipinski definition) is 6. The molecule has 8 nitrogen and oxygen atoms in total. The third kappa shape index (κ3) is 4.36. The zero-order valence-electron chi connectivity index (χ0n) is 22.4. The first-order chi connectivity index (χ1) is 18.8. The minimum atomic E-state index is -1.16. The van der Waals surface area contributed by atoms with Crippen LogP contribution in [0, 0.1) is 11.8 Å². The highest BCUT2D eigenvalue weighted by Crippen LogP contribution is 2.63. The molecular weight excluding hydrogens is 496 g/mol. The summed E-state index contributed by atoms with van der Waals surface area (Å²) in [6, 6.07) is 12.8. The maximum atomic E-state index is 14.5. The number of aliphatic hydroxyl groups excluding tert-OH is 1. The molecule has 3 heterocycles. The predicted molar refractivity (Wildman–Crippen MR) is 148 cm³/mol. The van der Waals surface area contributed by atoms with Crippen LogP contribution >= 0.6 is 0 Å². The lowest BCUT2D eigenvalue weighted by Gasteiger charge is -2.36. The molecule has 8 heteroatoms. The third-order valence-corrected chi connectivity index (χ3v) is 8.51. The number of hydrogen-bond donors (Lipinski definition) is 1. The molecule has 1 spiro atoms. The van der Waals surface area contributed by atoms with Crippen LogP contribution < -0.4 is 4.90 Å². The summed E-state index contributed by atoms with van der Waals surface area (Å²) >= 11 is 0. The molecule has 3 aliphatic rings. The Bertz CT molecular complexity index is 1310. The number of rotatable bonds is 11. The molecule has 0 aromatic heterocycles. The van der Waals surface area contributed by atoms with Crippen molar-refractivity contribution in [3.63, 3.8) is 0 Å². The van der Waals surface area contributed by atoms with Gasteiger partial charge in [0.1, 0.15) is 17.6 Å². The minimum Gasteiger partial charge on any atom is -0.465 e. The molecule has 206 valence electrons. The molecule has 0 radical (unpaired) electrons. The van der Waals surface area contributed by atoms with Crippen molar-refractivity contribution < 1.29 is 29.0 Å². The van der Waals surface area contributed by atoms with Crippen molar-refractivity contribution in [2.45, 2.75) is 49.9 Å². The van der Waals surface area contributed by atoms with Crippen molar-refractivity contribution in [1.29, 1.82) is 0 Å². The number of esters is 1. The van der Waals surface area contributed by atoms with E-state index in [-0.39, 0.29) is 38.1 Å². The summed E-state index contributed by atoms with van der Waals surface area (Å²) in [7, 11) is 0. The van der Waals surface area contributed by atoms with Crippen LogP contribution in [0.2, 0.25) is 0 Å². The molecule has 39 heavy (non-hydrogen) atoms. The second-order valence-corrected chi connectivity index (χ2v) is 10.9. The Morgan fingerprint density at radius 2 is 1.95 bits per heavy atom. The standard InChI is InChI=1S/C31H36N2O6/c1-4-6-19-38-29(37)25-24-27(35)33(17-9-18-34)26(31(24)15-14-30(25,3)39-31)28(36)32(16-5-2)23-13-12-21-10-7-8-11-22(21)20-23/h4-5,7-8,10-13,20,24-26,34H,1-2,6,9,14-19H2,3H3/t24-,25+,26?,30-,31?/m0/s1. The Kier molecular flexibility index (Phi) is 7.35. The highest BCUT2D eigenvalue weighted by Gasteiger charge is 2.78. The number of anilines is 1. The Labute approximate surface area is 228 Å². The van der Waals surface area contributed by atoms with Gasteiger partial charge in [-0.15, -0.1) is 13.2 Å². The summed E-state index contributed by atoms with van der Waals surface area (Å²) in [6.45, 7) is 9.84. The van der Waals surface area contributed by atoms with Crippen LogP contribution in [-0.4, -0.2) is 71.3 Å². The fourth-order valence-corrected chi connectivity index (χ4v) is 6.82. The SMILES string of the molecule is C=CCCOC(=O)[C@H]1[C@H]2C(=O)N(CCCO)C(C(=O)N(CC=C)c3ccc4ccccc4c3)C23CC[C@]1(C)O3. The van der Waals surface area contributed by atoms with Gasteiger partial charge in [-0.25, -0.2) is 0 Å². The smallest absolute Gasteiger partial charge is 0.312 e. The normalized spacial score (nSPS) is 28.9. The lowest BCUT2D eigenvalue weighted by Crippen LogP contribution is -2.56. The fourth-order valence-electron chi connectivity index (χ4n) is 6.82. The van der Waals surface area contributed by atoms with Crippen molar-refractivity contribution in [3.05, 3.63) is 67.8 Å². The van der Waals surface area contributed by atoms with Crippen LogP contribution in [0.1, 0.15) is 32.6 Å². The van der Waals surface area contributed by atoms with E-state index in [0.717, 1.165) is 10.8 Å². The molecule has 3 saturated heterocycles. The summed E-state index contributed by atoms with van der Waals surface area (Å²) < 4.78 is 12.2. The van der Waals surface area contributed by atoms with E-state index in [9.17, 15) is 19.5 Å². The molecule has 3 fully saturated rings. The molecular formula is C31H36N2O6. The Hall–Kier alpha value is -3.49. The van der Waals surface area contributed by atoms with Crippen molar-refractivity contribution in [2.75, 3.05) is 31.2 Å². The maximum Gasteiger partial charge on any atom is 0.312 e. The van der Waals surface area contributed by atoms with Gasteiger partial charge in [0.15, 0.2) is 0 Å². The number of aliphatic hydroxyl groups is 1. The van der Waals surface area contributed by atoms with Crippen LogP contribution in [0.15, 0.2) is 67.8 Å². The van der Waals surface area contributed by atoms with Gasteiger partial charge in [-0.1, -0.05) is 42.5 Å². The molecule has 2 unspecified atom stereocenters. The van der Waals surface area contributed by atoms with Crippen molar-refractivity contribution in [1.82, 2.24) is 4.90 Å². The van der Waals surface area contributed by atoms with E-state index in [4.69, 9.17) is 9.47 Å². The Balaban J connectivity index is 1.55. The molecule has 1 N–H and O–H groups in total. The minimum absolute atomic E-state index is 0.130. The van der Waals surface area contributed by atoms with Crippen LogP contribution in [0.3, 0.4) is 0 Å². The van der Waals surface area contributed by atoms with Gasteiger partial charge in [0, 0.05) is 25.4 Å². The van der Waals surface area contributed by atoms with Gasteiger partial charge in [-0.05, 0) is 55.5 Å². The van der Waals surface area contributed by atoms with Gasteiger partial charge in [-0.2, -0.15) is 0 Å². The number of carbonyl (C=O) groups is 3.